The molecule has 0 saturated carbocycles. The van der Waals surface area contributed by atoms with Crippen molar-refractivity contribution in [2.45, 2.75) is 13.5 Å². The molecule has 2 aromatic carbocycles. The van der Waals surface area contributed by atoms with Crippen LogP contribution in [0.15, 0.2) is 66.2 Å². The summed E-state index contributed by atoms with van der Waals surface area (Å²) in [5.41, 5.74) is 1.48. The number of nitrogens with zero attached hydrogens (tertiary/aromatic N) is 1. The van der Waals surface area contributed by atoms with Crippen LogP contribution in [0.3, 0.4) is 0 Å². The predicted octanol–water partition coefficient (Wildman–Crippen LogP) is 3.06. The Hall–Kier alpha value is -2.75. The smallest absolute Gasteiger partial charge is 0.251 e. The first kappa shape index (κ1) is 25.3. The van der Waals surface area contributed by atoms with E-state index in [2.05, 4.69) is 27.5 Å². The monoisotopic (exact) mass is 524 g/mol. The van der Waals surface area contributed by atoms with Crippen LogP contribution in [0.25, 0.3) is 0 Å². The number of carbonyl (C=O) groups is 1. The van der Waals surface area contributed by atoms with E-state index in [1.807, 2.05) is 31.2 Å². The van der Waals surface area contributed by atoms with E-state index in [0.29, 0.717) is 37.8 Å². The summed E-state index contributed by atoms with van der Waals surface area (Å²) < 4.78 is 5.66. The van der Waals surface area contributed by atoms with Crippen molar-refractivity contribution in [2.24, 2.45) is 4.99 Å². The Balaban J connectivity index is 0.00000450. The Labute approximate surface area is 194 Å². The average Bonchev–Trinajstić information content (AvgIpc) is 2.74. The van der Waals surface area contributed by atoms with Gasteiger partial charge in [-0.2, -0.15) is 0 Å². The van der Waals surface area contributed by atoms with Crippen LogP contribution in [0.5, 0.6) is 11.5 Å². The number of ether oxygens (including phenoxy) is 1. The van der Waals surface area contributed by atoms with Crippen LogP contribution in [0.4, 0.5) is 0 Å². The molecule has 7 nitrogen and oxygen atoms in total. The first-order valence-electron chi connectivity index (χ1n) is 9.55. The number of phenols is 1. The van der Waals surface area contributed by atoms with Gasteiger partial charge in [-0.25, -0.2) is 4.99 Å². The number of para-hydroxylation sites is 1. The third-order valence-electron chi connectivity index (χ3n) is 3.91. The van der Waals surface area contributed by atoms with Crippen LogP contribution in [0.1, 0.15) is 22.8 Å². The molecule has 4 N–H and O–H groups in total. The van der Waals surface area contributed by atoms with Gasteiger partial charge in [-0.15, -0.1) is 24.0 Å². The van der Waals surface area contributed by atoms with E-state index in [-0.39, 0.29) is 35.6 Å². The minimum absolute atomic E-state index is 0. The third-order valence-corrected chi connectivity index (χ3v) is 3.91. The molecule has 0 spiro atoms. The average molecular weight is 524 g/mol. The highest BCUT2D eigenvalue weighted by Crippen LogP contribution is 2.18. The van der Waals surface area contributed by atoms with Gasteiger partial charge in [0.15, 0.2) is 5.96 Å². The highest BCUT2D eigenvalue weighted by molar-refractivity contribution is 14.0. The molecule has 0 bridgehead atoms. The zero-order valence-corrected chi connectivity index (χ0v) is 19.4. The second kappa shape index (κ2) is 14.3. The SMILES string of the molecule is C=CCOc1ccccc1CN=C(NCC)NCCNC(=O)c1ccc(O)cc1.I. The van der Waals surface area contributed by atoms with Gasteiger partial charge in [0, 0.05) is 30.8 Å². The Bertz CT molecular complexity index is 825. The minimum Gasteiger partial charge on any atom is -0.508 e. The molecule has 8 heteroatoms. The van der Waals surface area contributed by atoms with Crippen molar-refractivity contribution in [1.82, 2.24) is 16.0 Å². The lowest BCUT2D eigenvalue weighted by molar-refractivity contribution is 0.0954. The van der Waals surface area contributed by atoms with Crippen LogP contribution < -0.4 is 20.7 Å². The highest BCUT2D eigenvalue weighted by atomic mass is 127. The molecule has 0 aromatic heterocycles. The Morgan fingerprint density at radius 1 is 1.10 bits per heavy atom. The second-order valence-corrected chi connectivity index (χ2v) is 6.13. The van der Waals surface area contributed by atoms with Gasteiger partial charge in [0.2, 0.25) is 0 Å². The molecule has 0 atom stereocenters. The van der Waals surface area contributed by atoms with Gasteiger partial charge in [0.1, 0.15) is 18.1 Å². The van der Waals surface area contributed by atoms with E-state index in [1.165, 1.54) is 12.1 Å². The minimum atomic E-state index is -0.193. The molecule has 0 aliphatic heterocycles. The van der Waals surface area contributed by atoms with E-state index < -0.39 is 0 Å². The van der Waals surface area contributed by atoms with Crippen molar-refractivity contribution in [3.63, 3.8) is 0 Å². The van der Waals surface area contributed by atoms with E-state index in [0.717, 1.165) is 17.9 Å². The summed E-state index contributed by atoms with van der Waals surface area (Å²) in [4.78, 5) is 16.7. The number of amides is 1. The number of phenolic OH excluding ortho intramolecular Hbond substituents is 1. The summed E-state index contributed by atoms with van der Waals surface area (Å²) in [6, 6.07) is 13.9. The molecule has 2 rings (SSSR count). The van der Waals surface area contributed by atoms with Crippen LogP contribution >= 0.6 is 24.0 Å². The van der Waals surface area contributed by atoms with Gasteiger partial charge < -0.3 is 25.8 Å². The molecule has 0 radical (unpaired) electrons. The predicted molar refractivity (Wildman–Crippen MR) is 131 cm³/mol. The number of aromatic hydroxyl groups is 1. The summed E-state index contributed by atoms with van der Waals surface area (Å²) in [6.07, 6.45) is 1.71. The number of hydrogen-bond acceptors (Lipinski definition) is 4. The molecule has 2 aromatic rings. The van der Waals surface area contributed by atoms with Crippen molar-refractivity contribution < 1.29 is 14.6 Å². The summed E-state index contributed by atoms with van der Waals surface area (Å²) in [6.45, 7) is 8.24. The summed E-state index contributed by atoms with van der Waals surface area (Å²) in [5.74, 6) is 1.38. The summed E-state index contributed by atoms with van der Waals surface area (Å²) >= 11 is 0. The zero-order chi connectivity index (χ0) is 20.9. The number of hydrogen-bond donors (Lipinski definition) is 4. The van der Waals surface area contributed by atoms with Crippen LogP contribution in [0, 0.1) is 0 Å². The van der Waals surface area contributed by atoms with E-state index in [1.54, 1.807) is 18.2 Å². The molecule has 0 heterocycles. The van der Waals surface area contributed by atoms with Gasteiger partial charge in [-0.05, 0) is 37.3 Å². The third kappa shape index (κ3) is 8.73. The maximum atomic E-state index is 12.1. The number of carbonyl (C=O) groups excluding carboxylic acids is 1. The zero-order valence-electron chi connectivity index (χ0n) is 17.1. The number of benzene rings is 2. The molecule has 30 heavy (non-hydrogen) atoms. The Kier molecular flexibility index (Phi) is 12.0. The maximum Gasteiger partial charge on any atom is 0.251 e. The molecular weight excluding hydrogens is 495 g/mol. The molecule has 162 valence electrons. The molecule has 0 unspecified atom stereocenters. The quantitative estimate of drug-likeness (QED) is 0.126. The second-order valence-electron chi connectivity index (χ2n) is 6.13. The number of rotatable bonds is 10. The molecule has 0 aliphatic carbocycles. The van der Waals surface area contributed by atoms with Crippen LogP contribution in [0.2, 0.25) is 0 Å². The van der Waals surface area contributed by atoms with Crippen molar-refractivity contribution in [3.05, 3.63) is 72.3 Å². The number of nitrogens with one attached hydrogen (secondary N) is 3. The van der Waals surface area contributed by atoms with Crippen molar-refractivity contribution in [2.75, 3.05) is 26.2 Å². The molecular formula is C22H29IN4O3. The van der Waals surface area contributed by atoms with Crippen molar-refractivity contribution in [1.29, 1.82) is 0 Å². The van der Waals surface area contributed by atoms with E-state index in [9.17, 15) is 9.90 Å². The van der Waals surface area contributed by atoms with Crippen molar-refractivity contribution in [3.8, 4) is 11.5 Å². The van der Waals surface area contributed by atoms with Gasteiger partial charge >= 0.3 is 0 Å². The number of halogens is 1. The lowest BCUT2D eigenvalue weighted by Gasteiger charge is -2.13. The Morgan fingerprint density at radius 2 is 1.80 bits per heavy atom. The maximum absolute atomic E-state index is 12.1. The van der Waals surface area contributed by atoms with Gasteiger partial charge in [-0.1, -0.05) is 30.9 Å². The Morgan fingerprint density at radius 3 is 2.50 bits per heavy atom. The normalized spacial score (nSPS) is 10.5. The lowest BCUT2D eigenvalue weighted by atomic mass is 10.2. The fourth-order valence-corrected chi connectivity index (χ4v) is 2.50. The molecule has 0 aliphatic rings. The standard InChI is InChI=1S/C22H28N4O3.HI/c1-3-15-29-20-8-6-5-7-18(20)16-26-22(23-4-2)25-14-13-24-21(28)17-9-11-19(27)12-10-17;/h3,5-12,27H,1,4,13-16H2,2H3,(H,24,28)(H2,23,25,26);1H. The topological polar surface area (TPSA) is 95.0 Å². The van der Waals surface area contributed by atoms with Gasteiger partial charge in [-0.3, -0.25) is 4.79 Å². The van der Waals surface area contributed by atoms with E-state index in [4.69, 9.17) is 4.74 Å². The number of aliphatic imine (C=N–C) groups is 1. The van der Waals surface area contributed by atoms with Crippen LogP contribution in [-0.2, 0) is 6.54 Å². The van der Waals surface area contributed by atoms with Gasteiger partial charge in [0.05, 0.1) is 6.54 Å². The first-order chi connectivity index (χ1) is 14.1. The molecule has 0 saturated heterocycles. The fraction of sp³-hybridized carbons (Fsp3) is 0.273. The lowest BCUT2D eigenvalue weighted by Crippen LogP contribution is -2.41. The summed E-state index contributed by atoms with van der Waals surface area (Å²) in [5, 5.41) is 18.5. The van der Waals surface area contributed by atoms with Crippen LogP contribution in [-0.4, -0.2) is 43.2 Å². The summed E-state index contributed by atoms with van der Waals surface area (Å²) in [7, 11) is 0. The molecule has 0 fully saturated rings. The largest absolute Gasteiger partial charge is 0.508 e. The van der Waals surface area contributed by atoms with Gasteiger partial charge in [0.25, 0.3) is 5.91 Å². The highest BCUT2D eigenvalue weighted by Gasteiger charge is 2.05. The fourth-order valence-electron chi connectivity index (χ4n) is 2.50. The number of guanidine groups is 1. The van der Waals surface area contributed by atoms with Crippen molar-refractivity contribution >= 4 is 35.8 Å². The molecule has 1 amide bonds. The first-order valence-corrected chi connectivity index (χ1v) is 9.55. The van der Waals surface area contributed by atoms with E-state index >= 15 is 0 Å².